The maximum atomic E-state index is 12.0. The Kier molecular flexibility index (Phi) is 4.66. The number of carbonyl (C=O) groups excluding carboxylic acids is 2. The highest BCUT2D eigenvalue weighted by molar-refractivity contribution is 7.09. The van der Waals surface area contributed by atoms with Crippen molar-refractivity contribution < 1.29 is 9.59 Å². The van der Waals surface area contributed by atoms with Crippen LogP contribution in [0.25, 0.3) is 0 Å². The number of amides is 3. The van der Waals surface area contributed by atoms with Gasteiger partial charge in [-0.1, -0.05) is 13.0 Å². The van der Waals surface area contributed by atoms with Gasteiger partial charge >= 0.3 is 6.03 Å². The summed E-state index contributed by atoms with van der Waals surface area (Å²) in [5, 5.41) is 7.92. The van der Waals surface area contributed by atoms with Crippen LogP contribution in [0.15, 0.2) is 17.5 Å². The van der Waals surface area contributed by atoms with Gasteiger partial charge in [-0.15, -0.1) is 11.3 Å². The van der Waals surface area contributed by atoms with Crippen molar-refractivity contribution in [2.24, 2.45) is 5.92 Å². The molecule has 6 heteroatoms. The molecule has 0 aromatic carbocycles. The fraction of sp³-hybridized carbons (Fsp3) is 0.625. The highest BCUT2D eigenvalue weighted by atomic mass is 32.1. The summed E-state index contributed by atoms with van der Waals surface area (Å²) in [5.41, 5.74) is 0. The van der Waals surface area contributed by atoms with E-state index in [1.165, 1.54) is 4.88 Å². The third-order valence-electron chi connectivity index (χ3n) is 4.22. The molecule has 0 unspecified atom stereocenters. The maximum absolute atomic E-state index is 12.0. The molecule has 120 valence electrons. The first-order valence-electron chi connectivity index (χ1n) is 7.98. The molecular weight excluding hydrogens is 298 g/mol. The molecule has 2 aliphatic rings. The molecule has 1 saturated carbocycles. The summed E-state index contributed by atoms with van der Waals surface area (Å²) in [6.45, 7) is 3.45. The predicted octanol–water partition coefficient (Wildman–Crippen LogP) is 1.99. The number of thiophene rings is 1. The number of likely N-dealkylation sites (tertiary alicyclic amines) is 1. The Bertz CT molecular complexity index is 528. The molecule has 22 heavy (non-hydrogen) atoms. The van der Waals surface area contributed by atoms with Crippen LogP contribution in [0.3, 0.4) is 0 Å². The minimum atomic E-state index is -0.159. The van der Waals surface area contributed by atoms with Crippen LogP contribution in [0.2, 0.25) is 0 Å². The average Bonchev–Trinajstić information content (AvgIpc) is 3.07. The number of urea groups is 1. The Hall–Kier alpha value is -1.56. The Morgan fingerprint density at radius 2 is 2.32 bits per heavy atom. The van der Waals surface area contributed by atoms with E-state index >= 15 is 0 Å². The van der Waals surface area contributed by atoms with Crippen LogP contribution < -0.4 is 10.6 Å². The van der Waals surface area contributed by atoms with E-state index in [1.54, 1.807) is 11.3 Å². The second kappa shape index (κ2) is 6.69. The van der Waals surface area contributed by atoms with Gasteiger partial charge < -0.3 is 15.5 Å². The second-order valence-electron chi connectivity index (χ2n) is 6.42. The van der Waals surface area contributed by atoms with Crippen LogP contribution in [-0.2, 0) is 11.2 Å². The number of rotatable bonds is 6. The molecule has 3 amide bonds. The van der Waals surface area contributed by atoms with Gasteiger partial charge in [0.05, 0.1) is 6.04 Å². The van der Waals surface area contributed by atoms with Gasteiger partial charge in [-0.25, -0.2) is 4.79 Å². The number of carbonyl (C=O) groups is 2. The molecule has 2 heterocycles. The lowest BCUT2D eigenvalue weighted by Crippen LogP contribution is -2.44. The standard InChI is InChI=1S/C16H23N3O2S/c1-11(7-14-3-2-6-22-14)9-17-16(21)18-12-8-15(20)19(10-12)13-4-5-13/h2-3,6,11-13H,4-5,7-10H2,1H3,(H2,17,18,21)/t11-,12-/m0/s1. The van der Waals surface area contributed by atoms with E-state index in [0.29, 0.717) is 31.5 Å². The van der Waals surface area contributed by atoms with E-state index in [2.05, 4.69) is 35.1 Å². The lowest BCUT2D eigenvalue weighted by Gasteiger charge is -2.17. The fourth-order valence-corrected chi connectivity index (χ4v) is 3.78. The smallest absolute Gasteiger partial charge is 0.315 e. The lowest BCUT2D eigenvalue weighted by molar-refractivity contribution is -0.128. The first-order chi connectivity index (χ1) is 10.6. The molecule has 1 aromatic rings. The highest BCUT2D eigenvalue weighted by Crippen LogP contribution is 2.30. The van der Waals surface area contributed by atoms with E-state index in [9.17, 15) is 9.59 Å². The topological polar surface area (TPSA) is 61.4 Å². The van der Waals surface area contributed by atoms with Gasteiger partial charge in [0.15, 0.2) is 0 Å². The summed E-state index contributed by atoms with van der Waals surface area (Å²) in [6, 6.07) is 4.41. The molecule has 1 aromatic heterocycles. The van der Waals surface area contributed by atoms with Gasteiger partial charge in [0.25, 0.3) is 0 Å². The van der Waals surface area contributed by atoms with Crippen molar-refractivity contribution in [3.63, 3.8) is 0 Å². The number of nitrogens with one attached hydrogen (secondary N) is 2. The third kappa shape index (κ3) is 4.00. The Morgan fingerprint density at radius 3 is 3.00 bits per heavy atom. The molecule has 0 bridgehead atoms. The maximum Gasteiger partial charge on any atom is 0.315 e. The lowest BCUT2D eigenvalue weighted by atomic mass is 10.1. The Balaban J connectivity index is 1.36. The minimum absolute atomic E-state index is 0.0410. The SMILES string of the molecule is C[C@H](CNC(=O)N[C@H]1CC(=O)N(C2CC2)C1)Cc1cccs1. The summed E-state index contributed by atoms with van der Waals surface area (Å²) in [7, 11) is 0. The van der Waals surface area contributed by atoms with Crippen molar-refractivity contribution in [1.82, 2.24) is 15.5 Å². The van der Waals surface area contributed by atoms with E-state index in [0.717, 1.165) is 19.3 Å². The zero-order valence-corrected chi connectivity index (χ0v) is 13.7. The van der Waals surface area contributed by atoms with Crippen molar-refractivity contribution in [3.05, 3.63) is 22.4 Å². The zero-order chi connectivity index (χ0) is 15.5. The quantitative estimate of drug-likeness (QED) is 0.842. The van der Waals surface area contributed by atoms with E-state index in [-0.39, 0.29) is 18.0 Å². The van der Waals surface area contributed by atoms with Gasteiger partial charge in [0, 0.05) is 30.4 Å². The van der Waals surface area contributed by atoms with Gasteiger partial charge in [0.2, 0.25) is 5.91 Å². The first-order valence-corrected chi connectivity index (χ1v) is 8.86. The van der Waals surface area contributed by atoms with Crippen molar-refractivity contribution in [2.45, 2.75) is 44.7 Å². The molecule has 0 spiro atoms. The number of nitrogens with zero attached hydrogens (tertiary/aromatic N) is 1. The number of hydrogen-bond donors (Lipinski definition) is 2. The molecule has 1 aliphatic heterocycles. The normalized spacial score (nSPS) is 22.7. The molecule has 3 rings (SSSR count). The first kappa shape index (κ1) is 15.3. The van der Waals surface area contributed by atoms with Gasteiger partial charge in [-0.2, -0.15) is 0 Å². The summed E-state index contributed by atoms with van der Waals surface area (Å²) >= 11 is 1.75. The highest BCUT2D eigenvalue weighted by Gasteiger charge is 2.39. The largest absolute Gasteiger partial charge is 0.338 e. The molecule has 2 atom stereocenters. The fourth-order valence-electron chi connectivity index (χ4n) is 2.92. The van der Waals surface area contributed by atoms with Gasteiger partial charge in [-0.05, 0) is 36.6 Å². The van der Waals surface area contributed by atoms with Crippen LogP contribution in [0.4, 0.5) is 4.79 Å². The molecule has 2 N–H and O–H groups in total. The molecule has 2 fully saturated rings. The monoisotopic (exact) mass is 321 g/mol. The Morgan fingerprint density at radius 1 is 1.50 bits per heavy atom. The predicted molar refractivity (Wildman–Crippen MR) is 86.9 cm³/mol. The van der Waals surface area contributed by atoms with E-state index < -0.39 is 0 Å². The summed E-state index contributed by atoms with van der Waals surface area (Å²) < 4.78 is 0. The van der Waals surface area contributed by atoms with Crippen LogP contribution in [0.5, 0.6) is 0 Å². The van der Waals surface area contributed by atoms with Crippen molar-refractivity contribution in [1.29, 1.82) is 0 Å². The summed E-state index contributed by atoms with van der Waals surface area (Å²) in [5.74, 6) is 0.580. The molecule has 1 saturated heterocycles. The zero-order valence-electron chi connectivity index (χ0n) is 12.9. The van der Waals surface area contributed by atoms with Crippen molar-refractivity contribution >= 4 is 23.3 Å². The minimum Gasteiger partial charge on any atom is -0.338 e. The van der Waals surface area contributed by atoms with Crippen LogP contribution in [-0.4, -0.2) is 42.0 Å². The van der Waals surface area contributed by atoms with Crippen LogP contribution in [0.1, 0.15) is 31.1 Å². The molecular formula is C16H23N3O2S. The molecule has 5 nitrogen and oxygen atoms in total. The molecule has 1 aliphatic carbocycles. The third-order valence-corrected chi connectivity index (χ3v) is 5.12. The molecule has 0 radical (unpaired) electrons. The van der Waals surface area contributed by atoms with Gasteiger partial charge in [0.1, 0.15) is 0 Å². The van der Waals surface area contributed by atoms with E-state index in [4.69, 9.17) is 0 Å². The van der Waals surface area contributed by atoms with Crippen LogP contribution in [0, 0.1) is 5.92 Å². The van der Waals surface area contributed by atoms with Crippen molar-refractivity contribution in [3.8, 4) is 0 Å². The number of hydrogen-bond acceptors (Lipinski definition) is 3. The summed E-state index contributed by atoms with van der Waals surface area (Å²) in [6.07, 6.45) is 3.65. The van der Waals surface area contributed by atoms with Crippen LogP contribution >= 0.6 is 11.3 Å². The second-order valence-corrected chi connectivity index (χ2v) is 7.45. The Labute approximate surface area is 135 Å². The van der Waals surface area contributed by atoms with Gasteiger partial charge in [-0.3, -0.25) is 4.79 Å². The van der Waals surface area contributed by atoms with Crippen molar-refractivity contribution in [2.75, 3.05) is 13.1 Å². The summed E-state index contributed by atoms with van der Waals surface area (Å²) in [4.78, 5) is 27.1. The van der Waals surface area contributed by atoms with E-state index in [1.807, 2.05) is 4.90 Å². The average molecular weight is 321 g/mol.